The third-order valence-corrected chi connectivity index (χ3v) is 2.33. The molecule has 0 atom stereocenters. The van der Waals surface area contributed by atoms with E-state index in [2.05, 4.69) is 0 Å². The van der Waals surface area contributed by atoms with E-state index in [1.165, 1.54) is 18.2 Å². The Kier molecular flexibility index (Phi) is 3.07. The van der Waals surface area contributed by atoms with Gasteiger partial charge in [0, 0.05) is 6.07 Å². The molecule has 92 valence electrons. The molecule has 7 heteroatoms. The third kappa shape index (κ3) is 2.06. The van der Waals surface area contributed by atoms with Crippen molar-refractivity contribution in [3.8, 4) is 11.3 Å². The summed E-state index contributed by atoms with van der Waals surface area (Å²) in [4.78, 5) is 21.6. The topological polar surface area (TPSA) is 111 Å². The van der Waals surface area contributed by atoms with Crippen LogP contribution in [0.4, 0.5) is 5.69 Å². The number of furan rings is 1. The summed E-state index contributed by atoms with van der Waals surface area (Å²) in [5.74, 6) is 4.59. The second-order valence-electron chi connectivity index (χ2n) is 3.41. The van der Waals surface area contributed by atoms with E-state index in [1.807, 2.05) is 5.43 Å². The molecular formula is C11H9N3O4. The number of amides is 1. The predicted octanol–water partition coefficient (Wildman–Crippen LogP) is 1.46. The zero-order chi connectivity index (χ0) is 13.1. The Labute approximate surface area is 101 Å². The van der Waals surface area contributed by atoms with E-state index >= 15 is 0 Å². The summed E-state index contributed by atoms with van der Waals surface area (Å²) in [6, 6.07) is 8.98. The first kappa shape index (κ1) is 11.8. The van der Waals surface area contributed by atoms with Gasteiger partial charge in [0.2, 0.25) is 0 Å². The lowest BCUT2D eigenvalue weighted by molar-refractivity contribution is -0.384. The van der Waals surface area contributed by atoms with E-state index in [4.69, 9.17) is 10.3 Å². The molecule has 0 aliphatic carbocycles. The predicted molar refractivity (Wildman–Crippen MR) is 62.5 cm³/mol. The summed E-state index contributed by atoms with van der Waals surface area (Å²) in [6.07, 6.45) is 0. The molecule has 18 heavy (non-hydrogen) atoms. The van der Waals surface area contributed by atoms with Gasteiger partial charge >= 0.3 is 5.91 Å². The van der Waals surface area contributed by atoms with Gasteiger partial charge in [0.15, 0.2) is 5.76 Å². The van der Waals surface area contributed by atoms with Crippen molar-refractivity contribution >= 4 is 11.6 Å². The SMILES string of the molecule is NNC(=O)c1ccc(-c2ccccc2[N+](=O)[O-])o1. The monoisotopic (exact) mass is 247 g/mol. The lowest BCUT2D eigenvalue weighted by atomic mass is 10.1. The molecule has 0 unspecified atom stereocenters. The van der Waals surface area contributed by atoms with Crippen LogP contribution in [0, 0.1) is 10.1 Å². The smallest absolute Gasteiger partial charge is 0.300 e. The molecular weight excluding hydrogens is 238 g/mol. The quantitative estimate of drug-likeness (QED) is 0.369. The lowest BCUT2D eigenvalue weighted by Gasteiger charge is -1.99. The fourth-order valence-electron chi connectivity index (χ4n) is 1.52. The Bertz CT molecular complexity index is 606. The average Bonchev–Trinajstić information content (AvgIpc) is 2.87. The van der Waals surface area contributed by atoms with E-state index in [0.29, 0.717) is 5.56 Å². The van der Waals surface area contributed by atoms with Crippen molar-refractivity contribution in [1.82, 2.24) is 5.43 Å². The highest BCUT2D eigenvalue weighted by atomic mass is 16.6. The minimum absolute atomic E-state index is 0.00866. The van der Waals surface area contributed by atoms with E-state index in [-0.39, 0.29) is 17.2 Å². The van der Waals surface area contributed by atoms with Gasteiger partial charge in [-0.25, -0.2) is 5.84 Å². The van der Waals surface area contributed by atoms with Crippen LogP contribution in [0.25, 0.3) is 11.3 Å². The van der Waals surface area contributed by atoms with Crippen molar-refractivity contribution in [2.45, 2.75) is 0 Å². The normalized spacial score (nSPS) is 10.1. The summed E-state index contributed by atoms with van der Waals surface area (Å²) in [6.45, 7) is 0. The molecule has 0 bridgehead atoms. The number of carbonyl (C=O) groups is 1. The Morgan fingerprint density at radius 3 is 2.67 bits per heavy atom. The number of nitrogens with one attached hydrogen (secondary N) is 1. The molecule has 0 saturated carbocycles. The van der Waals surface area contributed by atoms with Crippen LogP contribution in [0.1, 0.15) is 10.6 Å². The minimum atomic E-state index is -0.597. The number of nitro groups is 1. The molecule has 3 N–H and O–H groups in total. The van der Waals surface area contributed by atoms with E-state index in [1.54, 1.807) is 18.2 Å². The second-order valence-corrected chi connectivity index (χ2v) is 3.41. The largest absolute Gasteiger partial charge is 0.451 e. The number of hydrogen-bond acceptors (Lipinski definition) is 5. The van der Waals surface area contributed by atoms with Gasteiger partial charge in [0.25, 0.3) is 5.69 Å². The number of nitrogens with two attached hydrogens (primary N) is 1. The number of para-hydroxylation sites is 1. The number of nitrogen functional groups attached to an aromatic ring is 1. The highest BCUT2D eigenvalue weighted by Crippen LogP contribution is 2.30. The van der Waals surface area contributed by atoms with Crippen LogP contribution < -0.4 is 11.3 Å². The summed E-state index contributed by atoms with van der Waals surface area (Å²) in [5.41, 5.74) is 2.13. The molecule has 1 amide bonds. The van der Waals surface area contributed by atoms with Crippen molar-refractivity contribution in [1.29, 1.82) is 0 Å². The molecule has 2 rings (SSSR count). The van der Waals surface area contributed by atoms with Crippen LogP contribution in [0.2, 0.25) is 0 Å². The molecule has 1 aromatic carbocycles. The number of nitro benzene ring substituents is 1. The highest BCUT2D eigenvalue weighted by molar-refractivity contribution is 5.91. The summed E-state index contributed by atoms with van der Waals surface area (Å²) >= 11 is 0. The van der Waals surface area contributed by atoms with Crippen molar-refractivity contribution in [2.24, 2.45) is 5.84 Å². The number of benzene rings is 1. The zero-order valence-electron chi connectivity index (χ0n) is 9.12. The molecule has 0 aliphatic rings. The number of nitrogens with zero attached hydrogens (tertiary/aromatic N) is 1. The zero-order valence-corrected chi connectivity index (χ0v) is 9.12. The molecule has 0 fully saturated rings. The number of hydrogen-bond donors (Lipinski definition) is 2. The second kappa shape index (κ2) is 4.68. The van der Waals surface area contributed by atoms with E-state index < -0.39 is 10.8 Å². The number of hydrazine groups is 1. The summed E-state index contributed by atoms with van der Waals surface area (Å²) < 4.78 is 5.22. The first-order chi connectivity index (χ1) is 8.63. The van der Waals surface area contributed by atoms with Crippen molar-refractivity contribution < 1.29 is 14.1 Å². The molecule has 1 heterocycles. The first-order valence-electron chi connectivity index (χ1n) is 4.98. The van der Waals surface area contributed by atoms with Crippen molar-refractivity contribution in [3.63, 3.8) is 0 Å². The fourth-order valence-corrected chi connectivity index (χ4v) is 1.52. The van der Waals surface area contributed by atoms with Gasteiger partial charge in [-0.05, 0) is 18.2 Å². The van der Waals surface area contributed by atoms with Gasteiger partial charge in [-0.2, -0.15) is 0 Å². The van der Waals surface area contributed by atoms with E-state index in [9.17, 15) is 14.9 Å². The summed E-state index contributed by atoms with van der Waals surface area (Å²) in [7, 11) is 0. The van der Waals surface area contributed by atoms with Crippen LogP contribution in [0.3, 0.4) is 0 Å². The van der Waals surface area contributed by atoms with Crippen LogP contribution >= 0.6 is 0 Å². The number of carbonyl (C=O) groups excluding carboxylic acids is 1. The van der Waals surface area contributed by atoms with Gasteiger partial charge in [0.05, 0.1) is 10.5 Å². The molecule has 1 aromatic heterocycles. The van der Waals surface area contributed by atoms with Crippen molar-refractivity contribution in [3.05, 3.63) is 52.3 Å². The van der Waals surface area contributed by atoms with Crippen LogP contribution in [-0.4, -0.2) is 10.8 Å². The Balaban J connectivity index is 2.46. The number of rotatable bonds is 3. The maximum atomic E-state index is 11.2. The van der Waals surface area contributed by atoms with Crippen LogP contribution in [0.5, 0.6) is 0 Å². The highest BCUT2D eigenvalue weighted by Gasteiger charge is 2.18. The van der Waals surface area contributed by atoms with Gasteiger partial charge < -0.3 is 4.42 Å². The van der Waals surface area contributed by atoms with Crippen LogP contribution in [-0.2, 0) is 0 Å². The van der Waals surface area contributed by atoms with E-state index in [0.717, 1.165) is 0 Å². The van der Waals surface area contributed by atoms with Gasteiger partial charge in [-0.3, -0.25) is 20.3 Å². The lowest BCUT2D eigenvalue weighted by Crippen LogP contribution is -2.29. The molecule has 2 aromatic rings. The minimum Gasteiger partial charge on any atom is -0.451 e. The standard InChI is InChI=1S/C11H9N3O4/c12-13-11(15)10-6-5-9(18-10)7-3-1-2-4-8(7)14(16)17/h1-6H,12H2,(H,13,15). The molecule has 0 spiro atoms. The Hall–Kier alpha value is -2.67. The maximum absolute atomic E-state index is 11.2. The Morgan fingerprint density at radius 1 is 1.28 bits per heavy atom. The summed E-state index contributed by atoms with van der Waals surface area (Å²) in [5, 5.41) is 10.9. The van der Waals surface area contributed by atoms with Gasteiger partial charge in [-0.1, -0.05) is 12.1 Å². The van der Waals surface area contributed by atoms with Crippen LogP contribution in [0.15, 0.2) is 40.8 Å². The molecule has 0 radical (unpaired) electrons. The maximum Gasteiger partial charge on any atom is 0.300 e. The van der Waals surface area contributed by atoms with Gasteiger partial charge in [0.1, 0.15) is 5.76 Å². The average molecular weight is 247 g/mol. The first-order valence-corrected chi connectivity index (χ1v) is 4.98. The molecule has 0 saturated heterocycles. The Morgan fingerprint density at radius 2 is 2.00 bits per heavy atom. The fraction of sp³-hybridized carbons (Fsp3) is 0. The van der Waals surface area contributed by atoms with Gasteiger partial charge in [-0.15, -0.1) is 0 Å². The third-order valence-electron chi connectivity index (χ3n) is 2.33. The van der Waals surface area contributed by atoms with Crippen molar-refractivity contribution in [2.75, 3.05) is 0 Å². The molecule has 0 aliphatic heterocycles. The molecule has 7 nitrogen and oxygen atoms in total.